The molecule has 0 saturated carbocycles. The second-order valence-electron chi connectivity index (χ2n) is 5.30. The first kappa shape index (κ1) is 13.4. The SMILES string of the molecule is CC(C)n1ccc(Cn2ccc3cccc([N+](=O)[O-])c32)n1. The third-order valence-electron chi connectivity index (χ3n) is 3.49. The van der Waals surface area contributed by atoms with Crippen LogP contribution in [0.4, 0.5) is 5.69 Å². The lowest BCUT2D eigenvalue weighted by Gasteiger charge is -2.05. The standard InChI is InChI=1S/C15H16N4O2/c1-11(2)18-9-7-13(16-18)10-17-8-6-12-4-3-5-14(15(12)17)19(20)21/h3-9,11H,10H2,1-2H3. The largest absolute Gasteiger partial charge is 0.336 e. The quantitative estimate of drug-likeness (QED) is 0.545. The van der Waals surface area contributed by atoms with E-state index < -0.39 is 0 Å². The van der Waals surface area contributed by atoms with Crippen molar-refractivity contribution in [1.82, 2.24) is 14.3 Å². The molecule has 6 heteroatoms. The molecule has 0 aliphatic heterocycles. The van der Waals surface area contributed by atoms with Gasteiger partial charge >= 0.3 is 0 Å². The van der Waals surface area contributed by atoms with Gasteiger partial charge in [0.15, 0.2) is 0 Å². The molecule has 0 amide bonds. The van der Waals surface area contributed by atoms with Gasteiger partial charge in [0.2, 0.25) is 0 Å². The molecule has 0 unspecified atom stereocenters. The zero-order chi connectivity index (χ0) is 15.0. The summed E-state index contributed by atoms with van der Waals surface area (Å²) >= 11 is 0. The van der Waals surface area contributed by atoms with Gasteiger partial charge in [0, 0.05) is 29.9 Å². The summed E-state index contributed by atoms with van der Waals surface area (Å²) in [7, 11) is 0. The number of hydrogen-bond acceptors (Lipinski definition) is 3. The van der Waals surface area contributed by atoms with Crippen LogP contribution in [0, 0.1) is 10.1 Å². The Balaban J connectivity index is 2.02. The first-order valence-electron chi connectivity index (χ1n) is 6.82. The van der Waals surface area contributed by atoms with Crippen LogP contribution in [0.5, 0.6) is 0 Å². The summed E-state index contributed by atoms with van der Waals surface area (Å²) in [4.78, 5) is 10.8. The van der Waals surface area contributed by atoms with Crippen molar-refractivity contribution in [2.75, 3.05) is 0 Å². The Kier molecular flexibility index (Phi) is 3.21. The van der Waals surface area contributed by atoms with Gasteiger partial charge in [0.05, 0.1) is 17.2 Å². The maximum atomic E-state index is 11.2. The number of fused-ring (bicyclic) bond motifs is 1. The molecule has 1 aromatic carbocycles. The molecule has 0 fully saturated rings. The monoisotopic (exact) mass is 284 g/mol. The van der Waals surface area contributed by atoms with E-state index in [9.17, 15) is 10.1 Å². The molecule has 0 bridgehead atoms. The van der Waals surface area contributed by atoms with Crippen molar-refractivity contribution >= 4 is 16.6 Å². The van der Waals surface area contributed by atoms with Gasteiger partial charge in [0.1, 0.15) is 5.52 Å². The predicted molar refractivity (Wildman–Crippen MR) is 80.3 cm³/mol. The molecule has 2 aromatic heterocycles. The maximum Gasteiger partial charge on any atom is 0.293 e. The van der Waals surface area contributed by atoms with Crippen LogP contribution in [-0.2, 0) is 6.54 Å². The molecule has 0 spiro atoms. The van der Waals surface area contributed by atoms with Crippen LogP contribution in [0.3, 0.4) is 0 Å². The summed E-state index contributed by atoms with van der Waals surface area (Å²) in [5.41, 5.74) is 1.65. The highest BCUT2D eigenvalue weighted by Crippen LogP contribution is 2.26. The van der Waals surface area contributed by atoms with Gasteiger partial charge in [-0.3, -0.25) is 14.8 Å². The molecule has 3 rings (SSSR count). The number of hydrogen-bond donors (Lipinski definition) is 0. The maximum absolute atomic E-state index is 11.2. The Bertz CT molecular complexity index is 801. The third kappa shape index (κ3) is 2.40. The van der Waals surface area contributed by atoms with Crippen molar-refractivity contribution in [3.05, 3.63) is 58.5 Å². The van der Waals surface area contributed by atoms with Crippen molar-refractivity contribution < 1.29 is 4.92 Å². The summed E-state index contributed by atoms with van der Waals surface area (Å²) in [5.74, 6) is 0. The van der Waals surface area contributed by atoms with Crippen LogP contribution in [0.15, 0.2) is 42.7 Å². The molecule has 6 nitrogen and oxygen atoms in total. The fourth-order valence-electron chi connectivity index (χ4n) is 2.44. The van der Waals surface area contributed by atoms with Crippen molar-refractivity contribution in [1.29, 1.82) is 0 Å². The summed E-state index contributed by atoms with van der Waals surface area (Å²) in [6.45, 7) is 4.65. The number of para-hydroxylation sites is 1. The van der Waals surface area contributed by atoms with E-state index >= 15 is 0 Å². The number of benzene rings is 1. The molecule has 0 N–H and O–H groups in total. The zero-order valence-corrected chi connectivity index (χ0v) is 11.9. The van der Waals surface area contributed by atoms with Crippen molar-refractivity contribution in [2.45, 2.75) is 26.4 Å². The second-order valence-corrected chi connectivity index (χ2v) is 5.30. The number of nitrogens with zero attached hydrogens (tertiary/aromatic N) is 4. The van der Waals surface area contributed by atoms with E-state index in [1.165, 1.54) is 6.07 Å². The molecule has 0 aliphatic rings. The molecule has 0 aliphatic carbocycles. The molecule has 21 heavy (non-hydrogen) atoms. The molecular formula is C15H16N4O2. The molecule has 0 atom stereocenters. The topological polar surface area (TPSA) is 65.9 Å². The lowest BCUT2D eigenvalue weighted by molar-refractivity contribution is -0.383. The molecule has 0 radical (unpaired) electrons. The minimum Gasteiger partial charge on any atom is -0.336 e. The molecule has 3 aromatic rings. The number of aromatic nitrogens is 3. The highest BCUT2D eigenvalue weighted by Gasteiger charge is 2.16. The number of rotatable bonds is 4. The van der Waals surface area contributed by atoms with Gasteiger partial charge < -0.3 is 4.57 Å². The van der Waals surface area contributed by atoms with Crippen LogP contribution >= 0.6 is 0 Å². The fraction of sp³-hybridized carbons (Fsp3) is 0.267. The molecule has 2 heterocycles. The van der Waals surface area contributed by atoms with E-state index in [2.05, 4.69) is 18.9 Å². The van der Waals surface area contributed by atoms with Gasteiger partial charge in [-0.2, -0.15) is 5.10 Å². The highest BCUT2D eigenvalue weighted by atomic mass is 16.6. The van der Waals surface area contributed by atoms with Gasteiger partial charge in [-0.15, -0.1) is 0 Å². The van der Waals surface area contributed by atoms with E-state index in [0.717, 1.165) is 11.1 Å². The van der Waals surface area contributed by atoms with Crippen LogP contribution in [0.1, 0.15) is 25.6 Å². The lowest BCUT2D eigenvalue weighted by Crippen LogP contribution is -2.04. The van der Waals surface area contributed by atoms with Crippen LogP contribution in [0.25, 0.3) is 10.9 Å². The van der Waals surface area contributed by atoms with Gasteiger partial charge in [-0.05, 0) is 26.0 Å². The average molecular weight is 284 g/mol. The Morgan fingerprint density at radius 2 is 2.05 bits per heavy atom. The Hall–Kier alpha value is -2.63. The van der Waals surface area contributed by atoms with Crippen LogP contribution in [-0.4, -0.2) is 19.3 Å². The summed E-state index contributed by atoms with van der Waals surface area (Å²) < 4.78 is 3.76. The predicted octanol–water partition coefficient (Wildman–Crippen LogP) is 3.38. The first-order chi connectivity index (χ1) is 10.1. The first-order valence-corrected chi connectivity index (χ1v) is 6.82. The van der Waals surface area contributed by atoms with Gasteiger partial charge in [0.25, 0.3) is 5.69 Å². The van der Waals surface area contributed by atoms with Crippen molar-refractivity contribution in [3.63, 3.8) is 0 Å². The van der Waals surface area contributed by atoms with Crippen LogP contribution in [0.2, 0.25) is 0 Å². The normalized spacial score (nSPS) is 11.4. The summed E-state index contributed by atoms with van der Waals surface area (Å²) in [6.07, 6.45) is 3.80. The fourth-order valence-corrected chi connectivity index (χ4v) is 2.44. The summed E-state index contributed by atoms with van der Waals surface area (Å²) in [6, 6.07) is 9.26. The second kappa shape index (κ2) is 5.05. The van der Waals surface area contributed by atoms with E-state index in [1.54, 1.807) is 6.07 Å². The van der Waals surface area contributed by atoms with Gasteiger partial charge in [-0.25, -0.2) is 0 Å². The molecule has 0 saturated heterocycles. The number of non-ortho nitro benzene ring substituents is 1. The van der Waals surface area contributed by atoms with E-state index in [-0.39, 0.29) is 10.6 Å². The molecular weight excluding hydrogens is 268 g/mol. The Morgan fingerprint density at radius 1 is 1.24 bits per heavy atom. The minimum absolute atomic E-state index is 0.126. The molecule has 108 valence electrons. The number of nitro groups is 1. The van der Waals surface area contributed by atoms with E-state index in [0.29, 0.717) is 18.1 Å². The van der Waals surface area contributed by atoms with Crippen LogP contribution < -0.4 is 0 Å². The summed E-state index contributed by atoms with van der Waals surface area (Å²) in [5, 5.41) is 16.5. The highest BCUT2D eigenvalue weighted by molar-refractivity contribution is 5.88. The number of nitro benzene ring substituents is 1. The average Bonchev–Trinajstić information content (AvgIpc) is 3.06. The van der Waals surface area contributed by atoms with Crippen molar-refractivity contribution in [3.8, 4) is 0 Å². The zero-order valence-electron chi connectivity index (χ0n) is 11.9. The Labute approximate surface area is 121 Å². The van der Waals surface area contributed by atoms with Crippen molar-refractivity contribution in [2.24, 2.45) is 0 Å². The minimum atomic E-state index is -0.342. The van der Waals surface area contributed by atoms with Gasteiger partial charge in [-0.1, -0.05) is 12.1 Å². The third-order valence-corrected chi connectivity index (χ3v) is 3.49. The smallest absolute Gasteiger partial charge is 0.293 e. The van der Waals surface area contributed by atoms with E-state index in [4.69, 9.17) is 0 Å². The van der Waals surface area contributed by atoms with E-state index in [1.807, 2.05) is 39.8 Å². The lowest BCUT2D eigenvalue weighted by atomic mass is 10.2. The Morgan fingerprint density at radius 3 is 2.71 bits per heavy atom.